The molecule has 2 aromatic rings. The van der Waals surface area contributed by atoms with E-state index in [1.165, 1.54) is 10.7 Å². The van der Waals surface area contributed by atoms with E-state index < -0.39 is 29.5 Å². The normalized spacial score (nSPS) is 13.2. The number of aryl methyl sites for hydroxylation is 3. The molecule has 196 valence electrons. The SMILES string of the molecule is CC(C)(CCc1cc2c(cc1OC(=O)C(F)(F)F)CCc1c-2nn(CCCN)c1C(=O)O)CC(=O)O. The average Bonchev–Trinajstić information content (AvgIpc) is 3.13. The highest BCUT2D eigenvalue weighted by atomic mass is 19.4. The third-order valence-electron chi connectivity index (χ3n) is 6.15. The number of alkyl halides is 3. The van der Waals surface area contributed by atoms with Crippen LogP contribution in [0.25, 0.3) is 11.3 Å². The van der Waals surface area contributed by atoms with E-state index in [2.05, 4.69) is 5.10 Å². The van der Waals surface area contributed by atoms with Crippen molar-refractivity contribution in [1.29, 1.82) is 0 Å². The molecule has 3 rings (SSSR count). The van der Waals surface area contributed by atoms with Crippen molar-refractivity contribution in [2.24, 2.45) is 11.1 Å². The molecule has 0 amide bonds. The summed E-state index contributed by atoms with van der Waals surface area (Å²) in [5, 5.41) is 23.4. The van der Waals surface area contributed by atoms with Crippen molar-refractivity contribution in [2.75, 3.05) is 6.54 Å². The minimum Gasteiger partial charge on any atom is -0.481 e. The number of carboxylic acid groups (broad SMARTS) is 2. The van der Waals surface area contributed by atoms with Gasteiger partial charge < -0.3 is 20.7 Å². The molecule has 9 nitrogen and oxygen atoms in total. The van der Waals surface area contributed by atoms with Crippen molar-refractivity contribution < 1.29 is 42.5 Å². The lowest BCUT2D eigenvalue weighted by atomic mass is 9.81. The van der Waals surface area contributed by atoms with Gasteiger partial charge in [-0.05, 0) is 67.3 Å². The molecule has 0 fully saturated rings. The fourth-order valence-electron chi connectivity index (χ4n) is 4.37. The summed E-state index contributed by atoms with van der Waals surface area (Å²) in [4.78, 5) is 34.8. The van der Waals surface area contributed by atoms with E-state index in [4.69, 9.17) is 15.6 Å². The Morgan fingerprint density at radius 2 is 1.86 bits per heavy atom. The van der Waals surface area contributed by atoms with Gasteiger partial charge in [0, 0.05) is 17.7 Å². The molecule has 0 saturated carbocycles. The van der Waals surface area contributed by atoms with Crippen LogP contribution >= 0.6 is 0 Å². The largest absolute Gasteiger partial charge is 0.491 e. The Morgan fingerprint density at radius 3 is 2.44 bits per heavy atom. The maximum absolute atomic E-state index is 12.9. The zero-order chi connectivity index (χ0) is 26.8. The molecule has 0 radical (unpaired) electrons. The number of halogens is 3. The van der Waals surface area contributed by atoms with Gasteiger partial charge in [-0.25, -0.2) is 9.59 Å². The number of fused-ring (bicyclic) bond motifs is 3. The van der Waals surface area contributed by atoms with E-state index in [1.54, 1.807) is 19.9 Å². The quantitative estimate of drug-likeness (QED) is 0.324. The van der Waals surface area contributed by atoms with Crippen molar-refractivity contribution in [2.45, 2.75) is 65.1 Å². The van der Waals surface area contributed by atoms with E-state index in [9.17, 15) is 32.7 Å². The number of carboxylic acids is 2. The second-order valence-electron chi connectivity index (χ2n) is 9.59. The first-order valence-electron chi connectivity index (χ1n) is 11.4. The van der Waals surface area contributed by atoms with Gasteiger partial charge in [-0.15, -0.1) is 0 Å². The number of hydrogen-bond acceptors (Lipinski definition) is 6. The second kappa shape index (κ2) is 10.3. The molecule has 1 aromatic carbocycles. The average molecular weight is 511 g/mol. The van der Waals surface area contributed by atoms with Crippen molar-refractivity contribution in [1.82, 2.24) is 9.78 Å². The summed E-state index contributed by atoms with van der Waals surface area (Å²) in [5.41, 5.74) is 7.23. The van der Waals surface area contributed by atoms with Gasteiger partial charge >= 0.3 is 24.1 Å². The number of carbonyl (C=O) groups is 3. The molecule has 1 aliphatic rings. The van der Waals surface area contributed by atoms with Crippen molar-refractivity contribution in [3.8, 4) is 17.0 Å². The van der Waals surface area contributed by atoms with Crippen molar-refractivity contribution >= 4 is 17.9 Å². The standard InChI is InChI=1S/C24H28F3N3O6/c1-23(2,12-18(31)32)7-6-14-10-16-13(11-17(14)36-22(35)24(25,26)27)4-5-15-19(16)29-30(9-3-8-28)20(15)21(33)34/h10-11H,3-9,12,28H2,1-2H3,(H,31,32)(H,33,34). The summed E-state index contributed by atoms with van der Waals surface area (Å²) >= 11 is 0. The third-order valence-corrected chi connectivity index (χ3v) is 6.15. The summed E-state index contributed by atoms with van der Waals surface area (Å²) in [5.74, 6) is -4.77. The maximum atomic E-state index is 12.9. The zero-order valence-electron chi connectivity index (χ0n) is 19.9. The van der Waals surface area contributed by atoms with E-state index in [0.29, 0.717) is 48.2 Å². The van der Waals surface area contributed by atoms with Crippen LogP contribution in [-0.4, -0.2) is 50.6 Å². The summed E-state index contributed by atoms with van der Waals surface area (Å²) in [6.45, 7) is 4.07. The summed E-state index contributed by atoms with van der Waals surface area (Å²) in [7, 11) is 0. The summed E-state index contributed by atoms with van der Waals surface area (Å²) in [6, 6.07) is 2.93. The minimum atomic E-state index is -5.19. The second-order valence-corrected chi connectivity index (χ2v) is 9.59. The van der Waals surface area contributed by atoms with Crippen LogP contribution in [0.3, 0.4) is 0 Å². The number of benzene rings is 1. The van der Waals surface area contributed by atoms with Gasteiger partial charge in [0.2, 0.25) is 0 Å². The Morgan fingerprint density at radius 1 is 1.17 bits per heavy atom. The Kier molecular flexibility index (Phi) is 7.77. The Labute approximate surface area is 205 Å². The van der Waals surface area contributed by atoms with E-state index in [-0.39, 0.29) is 42.8 Å². The van der Waals surface area contributed by atoms with Crippen molar-refractivity contribution in [3.05, 3.63) is 34.5 Å². The molecule has 0 unspecified atom stereocenters. The lowest BCUT2D eigenvalue weighted by molar-refractivity contribution is -0.189. The summed E-state index contributed by atoms with van der Waals surface area (Å²) in [6.07, 6.45) is -3.83. The van der Waals surface area contributed by atoms with Gasteiger partial charge in [-0.2, -0.15) is 18.3 Å². The highest BCUT2D eigenvalue weighted by molar-refractivity contribution is 5.91. The van der Waals surface area contributed by atoms with Crippen LogP contribution < -0.4 is 10.5 Å². The Hall–Kier alpha value is -3.41. The number of esters is 1. The fraction of sp³-hybridized carbons (Fsp3) is 0.500. The van der Waals surface area contributed by atoms with Gasteiger partial charge in [-0.1, -0.05) is 13.8 Å². The zero-order valence-corrected chi connectivity index (χ0v) is 19.9. The molecular weight excluding hydrogens is 483 g/mol. The van der Waals surface area contributed by atoms with Crippen LogP contribution in [0.5, 0.6) is 5.75 Å². The monoisotopic (exact) mass is 511 g/mol. The first kappa shape index (κ1) is 27.2. The predicted octanol–water partition coefficient (Wildman–Crippen LogP) is 3.60. The molecule has 12 heteroatoms. The molecule has 0 aliphatic heterocycles. The van der Waals surface area contributed by atoms with Gasteiger partial charge in [-0.3, -0.25) is 9.48 Å². The molecular formula is C24H28F3N3O6. The first-order valence-corrected chi connectivity index (χ1v) is 11.4. The molecule has 1 aliphatic carbocycles. The lowest BCUT2D eigenvalue weighted by Crippen LogP contribution is -2.28. The van der Waals surface area contributed by atoms with Gasteiger partial charge in [0.05, 0.1) is 12.1 Å². The first-order chi connectivity index (χ1) is 16.7. The van der Waals surface area contributed by atoms with Crippen LogP contribution in [-0.2, 0) is 35.4 Å². The molecule has 36 heavy (non-hydrogen) atoms. The number of ether oxygens (including phenoxy) is 1. The third kappa shape index (κ3) is 6.04. The highest BCUT2D eigenvalue weighted by Gasteiger charge is 2.42. The number of carbonyl (C=O) groups excluding carboxylic acids is 1. The molecule has 1 heterocycles. The predicted molar refractivity (Wildman–Crippen MR) is 122 cm³/mol. The van der Waals surface area contributed by atoms with Crippen LogP contribution in [0.4, 0.5) is 13.2 Å². The van der Waals surface area contributed by atoms with E-state index in [0.717, 1.165) is 0 Å². The topological polar surface area (TPSA) is 145 Å². The fourth-order valence-corrected chi connectivity index (χ4v) is 4.37. The van der Waals surface area contributed by atoms with Crippen LogP contribution in [0, 0.1) is 5.41 Å². The molecule has 0 atom stereocenters. The minimum absolute atomic E-state index is 0.0424. The maximum Gasteiger partial charge on any atom is 0.491 e. The Balaban J connectivity index is 2.08. The van der Waals surface area contributed by atoms with Crippen LogP contribution in [0.15, 0.2) is 12.1 Å². The molecule has 0 bridgehead atoms. The number of nitrogens with two attached hydrogens (primary N) is 1. The summed E-state index contributed by atoms with van der Waals surface area (Å²) < 4.78 is 44.9. The van der Waals surface area contributed by atoms with Gasteiger partial charge in [0.1, 0.15) is 11.4 Å². The molecule has 4 N–H and O–H groups in total. The molecule has 1 aromatic heterocycles. The van der Waals surface area contributed by atoms with Gasteiger partial charge in [0.25, 0.3) is 0 Å². The van der Waals surface area contributed by atoms with Crippen LogP contribution in [0.2, 0.25) is 0 Å². The molecule has 0 spiro atoms. The highest BCUT2D eigenvalue weighted by Crippen LogP contribution is 2.40. The molecule has 0 saturated heterocycles. The number of aromatic carboxylic acids is 1. The lowest BCUT2D eigenvalue weighted by Gasteiger charge is -2.24. The number of hydrogen-bond donors (Lipinski definition) is 3. The number of nitrogens with zero attached hydrogens (tertiary/aromatic N) is 2. The van der Waals surface area contributed by atoms with Gasteiger partial charge in [0.15, 0.2) is 0 Å². The number of rotatable bonds is 10. The Bertz CT molecular complexity index is 1190. The smallest absolute Gasteiger partial charge is 0.481 e. The van der Waals surface area contributed by atoms with Crippen LogP contribution in [0.1, 0.15) is 60.3 Å². The van der Waals surface area contributed by atoms with E-state index in [1.807, 2.05) is 0 Å². The van der Waals surface area contributed by atoms with E-state index >= 15 is 0 Å². The number of aliphatic carboxylic acids is 1. The van der Waals surface area contributed by atoms with Crippen molar-refractivity contribution in [3.63, 3.8) is 0 Å². The number of aromatic nitrogens is 2.